The van der Waals surface area contributed by atoms with Crippen molar-refractivity contribution in [3.8, 4) is 0 Å². The zero-order valence-electron chi connectivity index (χ0n) is 9.32. The topological polar surface area (TPSA) is 33.2 Å². The number of hydrogen-bond donors (Lipinski definition) is 0. The summed E-state index contributed by atoms with van der Waals surface area (Å²) >= 11 is 3.55. The van der Waals surface area contributed by atoms with Crippen molar-refractivity contribution in [2.45, 2.75) is 32.2 Å². The number of halogens is 1. The summed E-state index contributed by atoms with van der Waals surface area (Å²) < 4.78 is 1.00. The van der Waals surface area contributed by atoms with Crippen LogP contribution < -0.4 is 4.90 Å². The first-order valence-corrected chi connectivity index (χ1v) is 6.36. The Morgan fingerprint density at radius 3 is 3.12 bits per heavy atom. The van der Waals surface area contributed by atoms with E-state index in [2.05, 4.69) is 25.8 Å². The first kappa shape index (κ1) is 11.6. The molecule has 1 saturated heterocycles. The highest BCUT2D eigenvalue weighted by atomic mass is 79.9. The SMILES string of the molecule is Cc1ccnc(N2CCCCC2C=O)c1Br. The van der Waals surface area contributed by atoms with E-state index in [1.165, 1.54) is 0 Å². The van der Waals surface area contributed by atoms with Crippen LogP contribution in [0.3, 0.4) is 0 Å². The van der Waals surface area contributed by atoms with Gasteiger partial charge in [-0.05, 0) is 53.7 Å². The molecular formula is C12H15BrN2O. The molecule has 86 valence electrons. The number of pyridine rings is 1. The quantitative estimate of drug-likeness (QED) is 0.782. The number of rotatable bonds is 2. The van der Waals surface area contributed by atoms with Crippen molar-refractivity contribution in [2.75, 3.05) is 11.4 Å². The Balaban J connectivity index is 2.34. The lowest BCUT2D eigenvalue weighted by molar-refractivity contribution is -0.109. The molecule has 0 aromatic carbocycles. The fourth-order valence-corrected chi connectivity index (χ4v) is 2.55. The van der Waals surface area contributed by atoms with Crippen LogP contribution >= 0.6 is 15.9 Å². The maximum atomic E-state index is 11.1. The average Bonchev–Trinajstić information content (AvgIpc) is 2.33. The molecule has 0 N–H and O–H groups in total. The van der Waals surface area contributed by atoms with Gasteiger partial charge in [-0.25, -0.2) is 4.98 Å². The molecule has 0 spiro atoms. The highest BCUT2D eigenvalue weighted by molar-refractivity contribution is 9.10. The molecule has 4 heteroatoms. The Morgan fingerprint density at radius 2 is 2.38 bits per heavy atom. The summed E-state index contributed by atoms with van der Waals surface area (Å²) in [6.45, 7) is 2.95. The van der Waals surface area contributed by atoms with E-state index in [0.29, 0.717) is 0 Å². The molecule has 16 heavy (non-hydrogen) atoms. The highest BCUT2D eigenvalue weighted by Gasteiger charge is 2.24. The van der Waals surface area contributed by atoms with Gasteiger partial charge in [-0.15, -0.1) is 0 Å². The lowest BCUT2D eigenvalue weighted by atomic mass is 10.0. The third kappa shape index (κ3) is 2.12. The molecule has 1 aromatic heterocycles. The Bertz CT molecular complexity index is 395. The molecule has 0 saturated carbocycles. The maximum Gasteiger partial charge on any atom is 0.143 e. The molecule has 1 fully saturated rings. The van der Waals surface area contributed by atoms with Gasteiger partial charge in [0.15, 0.2) is 0 Å². The van der Waals surface area contributed by atoms with Crippen molar-refractivity contribution in [3.63, 3.8) is 0 Å². The van der Waals surface area contributed by atoms with Crippen LogP contribution in [0.1, 0.15) is 24.8 Å². The van der Waals surface area contributed by atoms with Gasteiger partial charge >= 0.3 is 0 Å². The second kappa shape index (κ2) is 4.95. The van der Waals surface area contributed by atoms with Crippen molar-refractivity contribution in [1.82, 2.24) is 4.98 Å². The van der Waals surface area contributed by atoms with Crippen LogP contribution in [0.25, 0.3) is 0 Å². The highest BCUT2D eigenvalue weighted by Crippen LogP contribution is 2.30. The number of hydrogen-bond acceptors (Lipinski definition) is 3. The fraction of sp³-hybridized carbons (Fsp3) is 0.500. The molecule has 0 bridgehead atoms. The van der Waals surface area contributed by atoms with Gasteiger partial charge in [0.2, 0.25) is 0 Å². The third-order valence-corrected chi connectivity index (χ3v) is 4.02. The van der Waals surface area contributed by atoms with E-state index < -0.39 is 0 Å². The number of nitrogens with zero attached hydrogens (tertiary/aromatic N) is 2. The Morgan fingerprint density at radius 1 is 1.56 bits per heavy atom. The number of aryl methyl sites for hydroxylation is 1. The van der Waals surface area contributed by atoms with Crippen LogP contribution in [0.15, 0.2) is 16.7 Å². The standard InChI is InChI=1S/C12H15BrN2O/c1-9-5-6-14-12(11(9)13)15-7-3-2-4-10(15)8-16/h5-6,8,10H,2-4,7H2,1H3. The lowest BCUT2D eigenvalue weighted by Gasteiger charge is -2.34. The summed E-state index contributed by atoms with van der Waals surface area (Å²) in [5.74, 6) is 0.900. The van der Waals surface area contributed by atoms with Crippen molar-refractivity contribution < 1.29 is 4.79 Å². The summed E-state index contributed by atoms with van der Waals surface area (Å²) in [4.78, 5) is 17.5. The second-order valence-electron chi connectivity index (χ2n) is 4.16. The number of piperidine rings is 1. The second-order valence-corrected chi connectivity index (χ2v) is 4.95. The van der Waals surface area contributed by atoms with Gasteiger partial charge in [-0.3, -0.25) is 0 Å². The summed E-state index contributed by atoms with van der Waals surface area (Å²) in [5, 5.41) is 0. The largest absolute Gasteiger partial charge is 0.346 e. The molecule has 1 aliphatic rings. The molecule has 1 atom stereocenters. The average molecular weight is 283 g/mol. The number of aromatic nitrogens is 1. The molecule has 0 radical (unpaired) electrons. The molecule has 2 heterocycles. The molecule has 0 amide bonds. The lowest BCUT2D eigenvalue weighted by Crippen LogP contribution is -2.41. The minimum absolute atomic E-state index is 0.0145. The van der Waals surface area contributed by atoms with Gasteiger partial charge in [0, 0.05) is 12.7 Å². The van der Waals surface area contributed by atoms with Crippen LogP contribution in [0.5, 0.6) is 0 Å². The van der Waals surface area contributed by atoms with Crippen LogP contribution in [-0.4, -0.2) is 23.9 Å². The third-order valence-electron chi connectivity index (χ3n) is 3.04. The van der Waals surface area contributed by atoms with Crippen LogP contribution in [0.2, 0.25) is 0 Å². The molecular weight excluding hydrogens is 268 g/mol. The van der Waals surface area contributed by atoms with E-state index in [-0.39, 0.29) is 6.04 Å². The smallest absolute Gasteiger partial charge is 0.143 e. The molecule has 1 aromatic rings. The van der Waals surface area contributed by atoms with Crippen LogP contribution in [0, 0.1) is 6.92 Å². The molecule has 2 rings (SSSR count). The predicted octanol–water partition coefficient (Wildman–Crippen LogP) is 2.71. The van der Waals surface area contributed by atoms with Gasteiger partial charge in [0.25, 0.3) is 0 Å². The van der Waals surface area contributed by atoms with Gasteiger partial charge in [-0.1, -0.05) is 0 Å². The molecule has 1 aliphatic heterocycles. The molecule has 0 aliphatic carbocycles. The van der Waals surface area contributed by atoms with E-state index in [1.54, 1.807) is 6.20 Å². The van der Waals surface area contributed by atoms with E-state index in [9.17, 15) is 4.79 Å². The van der Waals surface area contributed by atoms with E-state index >= 15 is 0 Å². The maximum absolute atomic E-state index is 11.1. The minimum atomic E-state index is -0.0145. The van der Waals surface area contributed by atoms with Gasteiger partial charge in [-0.2, -0.15) is 0 Å². The van der Waals surface area contributed by atoms with Crippen LogP contribution in [0.4, 0.5) is 5.82 Å². The molecule has 3 nitrogen and oxygen atoms in total. The van der Waals surface area contributed by atoms with Crippen molar-refractivity contribution in [2.24, 2.45) is 0 Å². The Kier molecular flexibility index (Phi) is 3.59. The first-order valence-electron chi connectivity index (χ1n) is 5.57. The predicted molar refractivity (Wildman–Crippen MR) is 67.7 cm³/mol. The number of carbonyl (C=O) groups excluding carboxylic acids is 1. The first-order chi connectivity index (χ1) is 7.74. The van der Waals surface area contributed by atoms with Gasteiger partial charge < -0.3 is 9.69 Å². The van der Waals surface area contributed by atoms with Crippen molar-refractivity contribution in [1.29, 1.82) is 0 Å². The van der Waals surface area contributed by atoms with Crippen molar-refractivity contribution >= 4 is 28.0 Å². The minimum Gasteiger partial charge on any atom is -0.346 e. The number of anilines is 1. The van der Waals surface area contributed by atoms with E-state index in [0.717, 1.165) is 47.9 Å². The number of aldehydes is 1. The number of carbonyl (C=O) groups is 1. The summed E-state index contributed by atoms with van der Waals surface area (Å²) in [6.07, 6.45) is 6.03. The van der Waals surface area contributed by atoms with E-state index in [4.69, 9.17) is 0 Å². The Hall–Kier alpha value is -0.900. The zero-order valence-corrected chi connectivity index (χ0v) is 10.9. The Labute approximate surface area is 104 Å². The normalized spacial score (nSPS) is 20.9. The zero-order chi connectivity index (χ0) is 11.5. The van der Waals surface area contributed by atoms with Crippen molar-refractivity contribution in [3.05, 3.63) is 22.3 Å². The van der Waals surface area contributed by atoms with Crippen LogP contribution in [-0.2, 0) is 4.79 Å². The van der Waals surface area contributed by atoms with Gasteiger partial charge in [0.05, 0.1) is 10.5 Å². The monoisotopic (exact) mass is 282 g/mol. The van der Waals surface area contributed by atoms with Gasteiger partial charge in [0.1, 0.15) is 12.1 Å². The summed E-state index contributed by atoms with van der Waals surface area (Å²) in [7, 11) is 0. The van der Waals surface area contributed by atoms with E-state index in [1.807, 2.05) is 13.0 Å². The summed E-state index contributed by atoms with van der Waals surface area (Å²) in [5.41, 5.74) is 1.15. The summed E-state index contributed by atoms with van der Waals surface area (Å²) in [6, 6.07) is 1.95. The fourth-order valence-electron chi connectivity index (χ4n) is 2.09. The molecule has 1 unspecified atom stereocenters.